The molecule has 0 radical (unpaired) electrons. The monoisotopic (exact) mass is 215 g/mol. The maximum atomic E-state index is 12.4. The molecule has 0 heterocycles. The first-order valence-electron chi connectivity index (χ1n) is 4.51. The molecule has 1 aromatic carbocycles. The van der Waals surface area contributed by atoms with Crippen LogP contribution < -0.4 is 5.73 Å². The van der Waals surface area contributed by atoms with Crippen molar-refractivity contribution in [1.29, 1.82) is 0 Å². The summed E-state index contributed by atoms with van der Waals surface area (Å²) < 4.78 is 37.1. The van der Waals surface area contributed by atoms with Crippen LogP contribution in [0.5, 0.6) is 0 Å². The van der Waals surface area contributed by atoms with Crippen LogP contribution in [0.4, 0.5) is 13.2 Å². The van der Waals surface area contributed by atoms with E-state index in [4.69, 9.17) is 5.73 Å². The van der Waals surface area contributed by atoms with Crippen molar-refractivity contribution in [2.24, 2.45) is 5.73 Å². The fourth-order valence-electron chi connectivity index (χ4n) is 1.34. The van der Waals surface area contributed by atoms with Crippen molar-refractivity contribution in [2.75, 3.05) is 6.54 Å². The molecule has 1 nitrogen and oxygen atoms in total. The highest BCUT2D eigenvalue weighted by molar-refractivity contribution is 5.53. The van der Waals surface area contributed by atoms with E-state index < -0.39 is 11.7 Å². The normalized spacial score (nSPS) is 11.5. The zero-order chi connectivity index (χ0) is 11.5. The number of benzene rings is 1. The maximum absolute atomic E-state index is 12.4. The van der Waals surface area contributed by atoms with Gasteiger partial charge in [-0.15, -0.1) is 0 Å². The van der Waals surface area contributed by atoms with Gasteiger partial charge in [-0.05, 0) is 36.2 Å². The molecule has 4 heteroatoms. The van der Waals surface area contributed by atoms with Crippen molar-refractivity contribution in [1.82, 2.24) is 0 Å². The highest BCUT2D eigenvalue weighted by Gasteiger charge is 2.30. The summed E-state index contributed by atoms with van der Waals surface area (Å²) in [6, 6.07) is 3.61. The summed E-state index contributed by atoms with van der Waals surface area (Å²) in [5.41, 5.74) is 5.98. The average Bonchev–Trinajstić information content (AvgIpc) is 2.17. The molecule has 0 amide bonds. The Morgan fingerprint density at radius 1 is 1.33 bits per heavy atom. The molecule has 0 saturated heterocycles. The molecule has 0 aliphatic rings. The van der Waals surface area contributed by atoms with E-state index in [1.54, 1.807) is 0 Å². The van der Waals surface area contributed by atoms with E-state index in [-0.39, 0.29) is 0 Å². The van der Waals surface area contributed by atoms with Crippen molar-refractivity contribution in [3.8, 4) is 0 Å². The highest BCUT2D eigenvalue weighted by Crippen LogP contribution is 2.30. The van der Waals surface area contributed by atoms with Gasteiger partial charge in [0.05, 0.1) is 5.56 Å². The number of rotatable bonds is 3. The van der Waals surface area contributed by atoms with Crippen molar-refractivity contribution >= 4 is 6.08 Å². The molecule has 82 valence electrons. The molecule has 0 spiro atoms. The summed E-state index contributed by atoms with van der Waals surface area (Å²) in [4.78, 5) is 0. The predicted octanol–water partition coefficient (Wildman–Crippen LogP) is 2.85. The summed E-state index contributed by atoms with van der Waals surface area (Å²) >= 11 is 0. The lowest BCUT2D eigenvalue weighted by molar-refractivity contribution is -0.137. The van der Waals surface area contributed by atoms with Crippen LogP contribution in [0.1, 0.15) is 16.7 Å². The quantitative estimate of drug-likeness (QED) is 0.824. The molecular weight excluding hydrogens is 203 g/mol. The molecule has 15 heavy (non-hydrogen) atoms. The number of alkyl halides is 3. The van der Waals surface area contributed by atoms with E-state index in [1.807, 2.05) is 0 Å². The van der Waals surface area contributed by atoms with Crippen LogP contribution in [0, 0.1) is 0 Å². The Morgan fingerprint density at radius 2 is 2.00 bits per heavy atom. The third-order valence-corrected chi connectivity index (χ3v) is 2.11. The first-order chi connectivity index (χ1) is 6.99. The Bertz CT molecular complexity index is 355. The standard InChI is InChI=1S/C11H12F3N/c1-2-8-7-10(11(12,13)14)4-3-9(8)5-6-15/h2-4,7H,1,5-6,15H2. The van der Waals surface area contributed by atoms with E-state index in [2.05, 4.69) is 6.58 Å². The van der Waals surface area contributed by atoms with Crippen LogP contribution in [0.3, 0.4) is 0 Å². The zero-order valence-electron chi connectivity index (χ0n) is 8.14. The second kappa shape index (κ2) is 4.49. The molecular formula is C11H12F3N. The van der Waals surface area contributed by atoms with Crippen LogP contribution in [0.25, 0.3) is 6.08 Å². The van der Waals surface area contributed by atoms with Crippen LogP contribution in [-0.2, 0) is 12.6 Å². The third-order valence-electron chi connectivity index (χ3n) is 2.11. The number of halogens is 3. The summed E-state index contributed by atoms with van der Waals surface area (Å²) in [6.45, 7) is 3.90. The van der Waals surface area contributed by atoms with Crippen LogP contribution in [0.15, 0.2) is 24.8 Å². The van der Waals surface area contributed by atoms with E-state index in [1.165, 1.54) is 12.1 Å². The molecule has 0 saturated carbocycles. The smallest absolute Gasteiger partial charge is 0.330 e. The molecule has 0 aliphatic heterocycles. The second-order valence-corrected chi connectivity index (χ2v) is 3.15. The van der Waals surface area contributed by atoms with Gasteiger partial charge < -0.3 is 5.73 Å². The fourth-order valence-corrected chi connectivity index (χ4v) is 1.34. The molecule has 2 N–H and O–H groups in total. The maximum Gasteiger partial charge on any atom is 0.416 e. The van der Waals surface area contributed by atoms with Crippen LogP contribution >= 0.6 is 0 Å². The summed E-state index contributed by atoms with van der Waals surface area (Å²) in [7, 11) is 0. The van der Waals surface area contributed by atoms with Crippen molar-refractivity contribution < 1.29 is 13.2 Å². The summed E-state index contributed by atoms with van der Waals surface area (Å²) in [5, 5.41) is 0. The first-order valence-corrected chi connectivity index (χ1v) is 4.51. The fraction of sp³-hybridized carbons (Fsp3) is 0.273. The van der Waals surface area contributed by atoms with E-state index in [0.29, 0.717) is 18.5 Å². The van der Waals surface area contributed by atoms with Gasteiger partial charge in [0, 0.05) is 0 Å². The van der Waals surface area contributed by atoms with Gasteiger partial charge >= 0.3 is 6.18 Å². The van der Waals surface area contributed by atoms with Crippen LogP contribution in [-0.4, -0.2) is 6.54 Å². The lowest BCUT2D eigenvalue weighted by atomic mass is 10.0. The number of nitrogens with two attached hydrogens (primary N) is 1. The van der Waals surface area contributed by atoms with Crippen LogP contribution in [0.2, 0.25) is 0 Å². The molecule has 0 aromatic heterocycles. The summed E-state index contributed by atoms with van der Waals surface area (Å²) in [5.74, 6) is 0. The van der Waals surface area contributed by atoms with E-state index in [9.17, 15) is 13.2 Å². The average molecular weight is 215 g/mol. The zero-order valence-corrected chi connectivity index (χ0v) is 8.14. The van der Waals surface area contributed by atoms with E-state index in [0.717, 1.165) is 17.7 Å². The second-order valence-electron chi connectivity index (χ2n) is 3.15. The van der Waals surface area contributed by atoms with Gasteiger partial charge in [-0.2, -0.15) is 13.2 Å². The molecule has 1 rings (SSSR count). The predicted molar refractivity (Wildman–Crippen MR) is 54.3 cm³/mol. The largest absolute Gasteiger partial charge is 0.416 e. The van der Waals surface area contributed by atoms with Crippen molar-refractivity contribution in [3.05, 3.63) is 41.5 Å². The SMILES string of the molecule is C=Cc1cc(C(F)(F)F)ccc1CCN. The molecule has 1 aromatic rings. The van der Waals surface area contributed by atoms with Crippen molar-refractivity contribution in [3.63, 3.8) is 0 Å². The van der Waals surface area contributed by atoms with Gasteiger partial charge in [-0.25, -0.2) is 0 Å². The Kier molecular flexibility index (Phi) is 3.52. The molecule has 0 fully saturated rings. The Morgan fingerprint density at radius 3 is 2.47 bits per heavy atom. The first kappa shape index (κ1) is 11.8. The Balaban J connectivity index is 3.13. The van der Waals surface area contributed by atoms with Crippen molar-refractivity contribution in [2.45, 2.75) is 12.6 Å². The third kappa shape index (κ3) is 2.83. The minimum absolute atomic E-state index is 0.409. The molecule has 0 atom stereocenters. The minimum Gasteiger partial charge on any atom is -0.330 e. The van der Waals surface area contributed by atoms with Gasteiger partial charge in [0.25, 0.3) is 0 Å². The Labute approximate surface area is 86.4 Å². The summed E-state index contributed by atoms with van der Waals surface area (Å²) in [6.07, 6.45) is -2.33. The Hall–Kier alpha value is -1.29. The van der Waals surface area contributed by atoms with Gasteiger partial charge in [0.1, 0.15) is 0 Å². The topological polar surface area (TPSA) is 26.0 Å². The molecule has 0 bridgehead atoms. The van der Waals surface area contributed by atoms with Gasteiger partial charge in [0.2, 0.25) is 0 Å². The molecule has 0 aliphatic carbocycles. The molecule has 0 unspecified atom stereocenters. The number of hydrogen-bond acceptors (Lipinski definition) is 1. The van der Waals surface area contributed by atoms with Gasteiger partial charge in [-0.1, -0.05) is 18.7 Å². The van der Waals surface area contributed by atoms with E-state index >= 15 is 0 Å². The van der Waals surface area contributed by atoms with Gasteiger partial charge in [-0.3, -0.25) is 0 Å². The van der Waals surface area contributed by atoms with Gasteiger partial charge in [0.15, 0.2) is 0 Å². The lowest BCUT2D eigenvalue weighted by Crippen LogP contribution is -2.08. The highest BCUT2D eigenvalue weighted by atomic mass is 19.4. The number of hydrogen-bond donors (Lipinski definition) is 1. The minimum atomic E-state index is -4.31. The lowest BCUT2D eigenvalue weighted by Gasteiger charge is -2.10.